The molecule has 1 aromatic heterocycles. The lowest BCUT2D eigenvalue weighted by molar-refractivity contribution is -0.118. The number of hydrogen-bond acceptors (Lipinski definition) is 6. The van der Waals surface area contributed by atoms with Crippen LogP contribution in [-0.4, -0.2) is 39.8 Å². The van der Waals surface area contributed by atoms with Gasteiger partial charge in [0.25, 0.3) is 5.91 Å². The van der Waals surface area contributed by atoms with Crippen molar-refractivity contribution in [3.8, 4) is 11.5 Å². The minimum absolute atomic E-state index is 0.128. The molecule has 2 amide bonds. The Balaban J connectivity index is 1.48. The predicted molar refractivity (Wildman–Crippen MR) is 119 cm³/mol. The first-order valence-corrected chi connectivity index (χ1v) is 10.4. The van der Waals surface area contributed by atoms with E-state index >= 15 is 0 Å². The third-order valence-corrected chi connectivity index (χ3v) is 5.30. The molecule has 0 saturated carbocycles. The molecule has 0 saturated heterocycles. The van der Waals surface area contributed by atoms with Gasteiger partial charge in [-0.3, -0.25) is 14.9 Å². The van der Waals surface area contributed by atoms with Crippen LogP contribution in [0.15, 0.2) is 42.7 Å². The molecule has 1 aliphatic rings. The standard InChI is InChI=1S/C23H25N5O4/c1-4-31-20-10-16(18-11-21(29)27-23-24-13-25-28(18)23)6-8-19(20)32-12-22(30)26-17-7-5-14(2)15(3)9-17/h5-10,13,18H,4,11-12H2,1-3H3,(H,26,30)(H,24,25,27,29). The van der Waals surface area contributed by atoms with Crippen molar-refractivity contribution >= 4 is 23.5 Å². The molecule has 0 aliphatic carbocycles. The molecule has 2 heterocycles. The van der Waals surface area contributed by atoms with E-state index in [4.69, 9.17) is 9.47 Å². The lowest BCUT2D eigenvalue weighted by Crippen LogP contribution is -2.29. The van der Waals surface area contributed by atoms with Crippen molar-refractivity contribution in [3.05, 3.63) is 59.4 Å². The summed E-state index contributed by atoms with van der Waals surface area (Å²) in [6.45, 7) is 6.15. The second-order valence-electron chi connectivity index (χ2n) is 7.57. The Bertz CT molecular complexity index is 1160. The topological polar surface area (TPSA) is 107 Å². The maximum atomic E-state index is 12.4. The fourth-order valence-electron chi connectivity index (χ4n) is 3.54. The highest BCUT2D eigenvalue weighted by Gasteiger charge is 2.28. The van der Waals surface area contributed by atoms with Gasteiger partial charge in [-0.2, -0.15) is 10.1 Å². The van der Waals surface area contributed by atoms with Gasteiger partial charge < -0.3 is 14.8 Å². The highest BCUT2D eigenvalue weighted by atomic mass is 16.5. The summed E-state index contributed by atoms with van der Waals surface area (Å²) in [5, 5.41) is 9.76. The van der Waals surface area contributed by atoms with E-state index in [1.54, 1.807) is 10.7 Å². The van der Waals surface area contributed by atoms with Crippen molar-refractivity contribution < 1.29 is 19.1 Å². The van der Waals surface area contributed by atoms with Crippen LogP contribution in [0.1, 0.15) is 36.1 Å². The van der Waals surface area contributed by atoms with Crippen molar-refractivity contribution in [2.75, 3.05) is 23.8 Å². The third kappa shape index (κ3) is 4.56. The third-order valence-electron chi connectivity index (χ3n) is 5.30. The van der Waals surface area contributed by atoms with Crippen LogP contribution in [0.25, 0.3) is 0 Å². The van der Waals surface area contributed by atoms with Crippen LogP contribution >= 0.6 is 0 Å². The number of aryl methyl sites for hydroxylation is 2. The first kappa shape index (κ1) is 21.4. The van der Waals surface area contributed by atoms with E-state index in [2.05, 4.69) is 20.7 Å². The summed E-state index contributed by atoms with van der Waals surface area (Å²) in [6, 6.07) is 10.8. The highest BCUT2D eigenvalue weighted by Crippen LogP contribution is 2.35. The van der Waals surface area contributed by atoms with E-state index in [9.17, 15) is 9.59 Å². The Hall–Kier alpha value is -3.88. The summed E-state index contributed by atoms with van der Waals surface area (Å²) in [4.78, 5) is 28.5. The summed E-state index contributed by atoms with van der Waals surface area (Å²) in [5.74, 6) is 0.960. The number of aromatic nitrogens is 3. The molecule has 9 nitrogen and oxygen atoms in total. The number of hydrogen-bond donors (Lipinski definition) is 2. The number of ether oxygens (including phenoxy) is 2. The SMILES string of the molecule is CCOc1cc(C2CC(=O)Nc3ncnn32)ccc1OCC(=O)Nc1ccc(C)c(C)c1. The monoisotopic (exact) mass is 435 g/mol. The fourth-order valence-corrected chi connectivity index (χ4v) is 3.54. The lowest BCUT2D eigenvalue weighted by Gasteiger charge is -2.24. The van der Waals surface area contributed by atoms with Gasteiger partial charge in [0.1, 0.15) is 6.33 Å². The molecule has 0 fully saturated rings. The number of anilines is 2. The molecule has 1 unspecified atom stereocenters. The number of nitrogens with one attached hydrogen (secondary N) is 2. The second kappa shape index (κ2) is 9.09. The zero-order valence-electron chi connectivity index (χ0n) is 18.2. The summed E-state index contributed by atoms with van der Waals surface area (Å²) in [5.41, 5.74) is 3.82. The molecule has 1 aliphatic heterocycles. The minimum Gasteiger partial charge on any atom is -0.490 e. The van der Waals surface area contributed by atoms with Gasteiger partial charge in [-0.15, -0.1) is 0 Å². The quantitative estimate of drug-likeness (QED) is 0.590. The molecular weight excluding hydrogens is 410 g/mol. The van der Waals surface area contributed by atoms with Gasteiger partial charge in [0.2, 0.25) is 11.9 Å². The van der Waals surface area contributed by atoms with Gasteiger partial charge >= 0.3 is 0 Å². The molecule has 0 bridgehead atoms. The zero-order valence-corrected chi connectivity index (χ0v) is 18.2. The van der Waals surface area contributed by atoms with Crippen LogP contribution in [0.5, 0.6) is 11.5 Å². The maximum absolute atomic E-state index is 12.4. The van der Waals surface area contributed by atoms with E-state index < -0.39 is 0 Å². The van der Waals surface area contributed by atoms with Crippen LogP contribution < -0.4 is 20.1 Å². The van der Waals surface area contributed by atoms with Crippen LogP contribution in [0.4, 0.5) is 11.6 Å². The van der Waals surface area contributed by atoms with Crippen molar-refractivity contribution in [2.45, 2.75) is 33.2 Å². The molecule has 1 atom stereocenters. The normalized spacial score (nSPS) is 15.0. The molecule has 4 rings (SSSR count). The number of carbonyl (C=O) groups excluding carboxylic acids is 2. The summed E-state index contributed by atoms with van der Waals surface area (Å²) in [7, 11) is 0. The number of benzene rings is 2. The number of rotatable bonds is 7. The van der Waals surface area contributed by atoms with Crippen molar-refractivity contribution in [2.24, 2.45) is 0 Å². The number of nitrogens with zero attached hydrogens (tertiary/aromatic N) is 3. The Morgan fingerprint density at radius 1 is 1.16 bits per heavy atom. The van der Waals surface area contributed by atoms with Gasteiger partial charge in [-0.1, -0.05) is 12.1 Å². The van der Waals surface area contributed by atoms with E-state index in [1.807, 2.05) is 51.1 Å². The van der Waals surface area contributed by atoms with Crippen molar-refractivity contribution in [1.29, 1.82) is 0 Å². The number of carbonyl (C=O) groups is 2. The zero-order chi connectivity index (χ0) is 22.7. The van der Waals surface area contributed by atoms with Crippen LogP contribution in [0, 0.1) is 13.8 Å². The predicted octanol–water partition coefficient (Wildman–Crippen LogP) is 3.24. The number of amides is 2. The molecule has 9 heteroatoms. The molecule has 0 spiro atoms. The Morgan fingerprint density at radius 3 is 2.78 bits per heavy atom. The van der Waals surface area contributed by atoms with E-state index in [-0.39, 0.29) is 30.9 Å². The minimum atomic E-state index is -0.303. The van der Waals surface area contributed by atoms with Crippen LogP contribution in [-0.2, 0) is 9.59 Å². The van der Waals surface area contributed by atoms with Crippen molar-refractivity contribution in [1.82, 2.24) is 14.8 Å². The average molecular weight is 435 g/mol. The summed E-state index contributed by atoms with van der Waals surface area (Å²) in [6.07, 6.45) is 1.64. The second-order valence-corrected chi connectivity index (χ2v) is 7.57. The van der Waals surface area contributed by atoms with Gasteiger partial charge in [-0.25, -0.2) is 4.68 Å². The van der Waals surface area contributed by atoms with E-state index in [0.717, 1.165) is 22.4 Å². The largest absolute Gasteiger partial charge is 0.490 e. The summed E-state index contributed by atoms with van der Waals surface area (Å²) >= 11 is 0. The fraction of sp³-hybridized carbons (Fsp3) is 0.304. The molecule has 166 valence electrons. The summed E-state index contributed by atoms with van der Waals surface area (Å²) < 4.78 is 13.2. The van der Waals surface area contributed by atoms with E-state index in [0.29, 0.717) is 24.1 Å². The van der Waals surface area contributed by atoms with E-state index in [1.165, 1.54) is 6.33 Å². The average Bonchev–Trinajstić information content (AvgIpc) is 3.23. The lowest BCUT2D eigenvalue weighted by atomic mass is 10.0. The highest BCUT2D eigenvalue weighted by molar-refractivity contribution is 5.92. The molecule has 2 N–H and O–H groups in total. The molecule has 0 radical (unpaired) electrons. The van der Waals surface area contributed by atoms with Crippen LogP contribution in [0.3, 0.4) is 0 Å². The number of fused-ring (bicyclic) bond motifs is 1. The molecular formula is C23H25N5O4. The van der Waals surface area contributed by atoms with Gasteiger partial charge in [-0.05, 0) is 61.7 Å². The Labute approximate surface area is 185 Å². The molecule has 2 aromatic carbocycles. The van der Waals surface area contributed by atoms with Crippen molar-refractivity contribution in [3.63, 3.8) is 0 Å². The smallest absolute Gasteiger partial charge is 0.262 e. The molecule has 3 aromatic rings. The Kier molecular flexibility index (Phi) is 6.07. The first-order chi connectivity index (χ1) is 15.4. The molecule has 32 heavy (non-hydrogen) atoms. The maximum Gasteiger partial charge on any atom is 0.262 e. The first-order valence-electron chi connectivity index (χ1n) is 10.4. The van der Waals surface area contributed by atoms with Gasteiger partial charge in [0, 0.05) is 5.69 Å². The Morgan fingerprint density at radius 2 is 2.00 bits per heavy atom. The van der Waals surface area contributed by atoms with Gasteiger partial charge in [0.05, 0.1) is 19.1 Å². The van der Waals surface area contributed by atoms with Crippen LogP contribution in [0.2, 0.25) is 0 Å². The van der Waals surface area contributed by atoms with Gasteiger partial charge in [0.15, 0.2) is 18.1 Å².